The predicted octanol–water partition coefficient (Wildman–Crippen LogP) is 2.36. The quantitative estimate of drug-likeness (QED) is 0.276. The van der Waals surface area contributed by atoms with Gasteiger partial charge in [0.05, 0.1) is 22.0 Å². The number of aliphatic hydroxyl groups is 1. The topological polar surface area (TPSA) is 152 Å². The summed E-state index contributed by atoms with van der Waals surface area (Å²) in [5.41, 5.74) is -1.72. The number of rotatable bonds is 11. The Morgan fingerprint density at radius 2 is 1.80 bits per heavy atom. The zero-order valence-corrected chi connectivity index (χ0v) is 26.8. The number of aromatic nitrogens is 2. The molecule has 46 heavy (non-hydrogen) atoms. The number of nitrogens with one attached hydrogen (secondary N) is 2. The number of benzene rings is 2. The summed E-state index contributed by atoms with van der Waals surface area (Å²) in [7, 11) is -4.94. The van der Waals surface area contributed by atoms with Crippen LogP contribution in [0.25, 0.3) is 11.1 Å². The van der Waals surface area contributed by atoms with E-state index in [1.54, 1.807) is 12.1 Å². The highest BCUT2D eigenvalue weighted by atomic mass is 32.2. The molecule has 5 rings (SSSR count). The minimum absolute atomic E-state index is 0.0464. The van der Waals surface area contributed by atoms with E-state index >= 15 is 0 Å². The number of nitrogens with zero attached hydrogens (tertiary/aromatic N) is 3. The second-order valence-corrected chi connectivity index (χ2v) is 15.3. The van der Waals surface area contributed by atoms with Crippen molar-refractivity contribution >= 4 is 20.0 Å². The summed E-state index contributed by atoms with van der Waals surface area (Å²) in [6, 6.07) is 11.3. The molecule has 2 aliphatic rings. The lowest BCUT2D eigenvalue weighted by atomic mass is 9.88. The van der Waals surface area contributed by atoms with Crippen molar-refractivity contribution in [2.24, 2.45) is 7.05 Å². The van der Waals surface area contributed by atoms with Crippen LogP contribution in [0.4, 0.5) is 13.2 Å². The molecule has 2 fully saturated rings. The Hall–Kier alpha value is -3.06. The first-order valence-corrected chi connectivity index (χ1v) is 17.5. The number of aryl methyl sites for hydroxylation is 1. The molecule has 0 radical (unpaired) electrons. The van der Waals surface area contributed by atoms with Gasteiger partial charge in [0, 0.05) is 50.6 Å². The summed E-state index contributed by atoms with van der Waals surface area (Å²) >= 11 is 0. The molecular weight excluding hydrogens is 651 g/mol. The van der Waals surface area contributed by atoms with Crippen molar-refractivity contribution < 1.29 is 44.6 Å². The molecule has 1 unspecified atom stereocenters. The van der Waals surface area contributed by atoms with E-state index in [2.05, 4.69) is 15.1 Å². The van der Waals surface area contributed by atoms with Crippen LogP contribution in [0.3, 0.4) is 0 Å². The van der Waals surface area contributed by atoms with Crippen LogP contribution < -0.4 is 14.8 Å². The fourth-order valence-corrected chi connectivity index (χ4v) is 8.00. The Bertz CT molecular complexity index is 1760. The van der Waals surface area contributed by atoms with Crippen molar-refractivity contribution in [3.8, 4) is 16.9 Å². The highest BCUT2D eigenvalue weighted by Crippen LogP contribution is 2.39. The fourth-order valence-electron chi connectivity index (χ4n) is 5.74. The Morgan fingerprint density at radius 3 is 2.50 bits per heavy atom. The van der Waals surface area contributed by atoms with Crippen LogP contribution in [0.2, 0.25) is 0 Å². The number of halogens is 3. The molecule has 2 saturated heterocycles. The lowest BCUT2D eigenvalue weighted by molar-refractivity contribution is -0.141. The molecule has 1 aromatic heterocycles. The van der Waals surface area contributed by atoms with Crippen molar-refractivity contribution in [3.05, 3.63) is 60.4 Å². The lowest BCUT2D eigenvalue weighted by Gasteiger charge is -2.38. The zero-order chi connectivity index (χ0) is 33.3. The number of sulfonamides is 2. The number of alkyl halides is 3. The van der Waals surface area contributed by atoms with Crippen LogP contribution in [0.1, 0.15) is 25.0 Å². The van der Waals surface area contributed by atoms with Gasteiger partial charge in [0.1, 0.15) is 18.5 Å². The molecule has 3 heterocycles. The number of hydrogen-bond donors (Lipinski definition) is 3. The molecule has 0 aliphatic carbocycles. The van der Waals surface area contributed by atoms with Gasteiger partial charge in [-0.05, 0) is 56.1 Å². The predicted molar refractivity (Wildman–Crippen MR) is 161 cm³/mol. The normalized spacial score (nSPS) is 19.8. The molecule has 2 aliphatic heterocycles. The van der Waals surface area contributed by atoms with Gasteiger partial charge in [-0.1, -0.05) is 18.2 Å². The van der Waals surface area contributed by atoms with Crippen LogP contribution in [-0.4, -0.2) is 93.7 Å². The summed E-state index contributed by atoms with van der Waals surface area (Å²) in [5.74, 6) is 0.301. The number of ether oxygens (including phenoxy) is 2. The average molecular weight is 688 g/mol. The molecular formula is C29H36F3N5O7S2. The van der Waals surface area contributed by atoms with Crippen LogP contribution in [0, 0.1) is 0 Å². The van der Waals surface area contributed by atoms with E-state index in [4.69, 9.17) is 9.47 Å². The number of hydrogen-bond acceptors (Lipinski definition) is 9. The van der Waals surface area contributed by atoms with E-state index in [9.17, 15) is 35.1 Å². The maximum atomic E-state index is 13.5. The lowest BCUT2D eigenvalue weighted by Crippen LogP contribution is -2.47. The van der Waals surface area contributed by atoms with Crippen molar-refractivity contribution in [2.45, 2.75) is 53.0 Å². The third-order valence-corrected chi connectivity index (χ3v) is 11.5. The summed E-state index contributed by atoms with van der Waals surface area (Å²) < 4.78 is 108. The van der Waals surface area contributed by atoms with Gasteiger partial charge in [-0.15, -0.1) is 0 Å². The summed E-state index contributed by atoms with van der Waals surface area (Å²) in [6.07, 6.45) is -2.90. The van der Waals surface area contributed by atoms with Gasteiger partial charge in [-0.2, -0.15) is 22.6 Å². The van der Waals surface area contributed by atoms with Gasteiger partial charge >= 0.3 is 6.18 Å². The molecule has 12 nitrogen and oxygen atoms in total. The summed E-state index contributed by atoms with van der Waals surface area (Å²) in [5, 5.41) is 17.2. The zero-order valence-electron chi connectivity index (χ0n) is 25.2. The third-order valence-electron chi connectivity index (χ3n) is 8.19. The van der Waals surface area contributed by atoms with Gasteiger partial charge in [-0.3, -0.25) is 4.68 Å². The maximum Gasteiger partial charge on any atom is 0.435 e. The molecule has 3 N–H and O–H groups in total. The first kappa shape index (κ1) is 34.3. The smallest absolute Gasteiger partial charge is 0.435 e. The second kappa shape index (κ2) is 13.2. The number of aliphatic hydroxyl groups excluding tert-OH is 1. The molecule has 2 atom stereocenters. The van der Waals surface area contributed by atoms with Gasteiger partial charge in [0.2, 0.25) is 20.0 Å². The van der Waals surface area contributed by atoms with E-state index in [1.165, 1.54) is 61.0 Å². The van der Waals surface area contributed by atoms with Crippen molar-refractivity contribution in [3.63, 3.8) is 0 Å². The minimum Gasteiger partial charge on any atom is -0.491 e. The molecule has 0 amide bonds. The second-order valence-electron chi connectivity index (χ2n) is 11.4. The van der Waals surface area contributed by atoms with Crippen LogP contribution in [0.5, 0.6) is 5.75 Å². The molecule has 252 valence electrons. The minimum atomic E-state index is -4.70. The maximum absolute atomic E-state index is 13.5. The Balaban J connectivity index is 1.13. The van der Waals surface area contributed by atoms with E-state index in [0.29, 0.717) is 31.6 Å². The van der Waals surface area contributed by atoms with Crippen molar-refractivity contribution in [1.82, 2.24) is 24.1 Å². The van der Waals surface area contributed by atoms with E-state index in [0.717, 1.165) is 4.68 Å². The van der Waals surface area contributed by atoms with Gasteiger partial charge in [0.15, 0.2) is 5.69 Å². The average Bonchev–Trinajstić information content (AvgIpc) is 3.63. The van der Waals surface area contributed by atoms with Crippen LogP contribution in [0.15, 0.2) is 64.5 Å². The molecule has 2 aromatic carbocycles. The standard InChI is InChI=1S/C29H36F3N5O7S2/c1-33-45(39,40)24-7-4-6-23(14-24)43-19-22(38)16-34-21-15-28(44-18-21)9-11-37(12-10-28)46(41,42)25-8-3-5-20(13-25)26-17-36(2)35-27(26)29(30,31)32/h3-8,13-14,17,21-22,33-34,38H,9-12,15-16,18-19H2,1-2H3/t21?,22-/m0/s1. The molecule has 0 saturated carbocycles. The highest BCUT2D eigenvalue weighted by molar-refractivity contribution is 7.89. The third kappa shape index (κ3) is 7.56. The Kier molecular flexibility index (Phi) is 9.85. The van der Waals surface area contributed by atoms with Crippen molar-refractivity contribution in [1.29, 1.82) is 0 Å². The Morgan fingerprint density at radius 1 is 1.11 bits per heavy atom. The fraction of sp³-hybridized carbons (Fsp3) is 0.483. The van der Waals surface area contributed by atoms with E-state index in [-0.39, 0.29) is 53.2 Å². The van der Waals surface area contributed by atoms with Gasteiger partial charge in [0.25, 0.3) is 0 Å². The van der Waals surface area contributed by atoms with Crippen molar-refractivity contribution in [2.75, 3.05) is 39.9 Å². The Labute approximate surface area is 265 Å². The largest absolute Gasteiger partial charge is 0.491 e. The van der Waals surface area contributed by atoms with Gasteiger partial charge in [-0.25, -0.2) is 21.6 Å². The molecule has 0 bridgehead atoms. The highest BCUT2D eigenvalue weighted by Gasteiger charge is 2.45. The van der Waals surface area contributed by atoms with E-state index < -0.39 is 43.6 Å². The monoisotopic (exact) mass is 687 g/mol. The van der Waals surface area contributed by atoms with Gasteiger partial charge < -0.3 is 19.9 Å². The summed E-state index contributed by atoms with van der Waals surface area (Å²) in [6.45, 7) is 0.861. The first-order chi connectivity index (χ1) is 21.6. The molecule has 1 spiro atoms. The molecule has 3 aromatic rings. The van der Waals surface area contributed by atoms with E-state index in [1.807, 2.05) is 0 Å². The molecule has 17 heteroatoms. The van der Waals surface area contributed by atoms with Crippen LogP contribution >= 0.6 is 0 Å². The SMILES string of the molecule is CNS(=O)(=O)c1cccc(OC[C@@H](O)CNC2COC3(CCN(S(=O)(=O)c4cccc(-c5cn(C)nc5C(F)(F)F)c4)CC3)C2)c1. The van der Waals surface area contributed by atoms with Crippen LogP contribution in [-0.2, 0) is 38.0 Å². The summed E-state index contributed by atoms with van der Waals surface area (Å²) in [4.78, 5) is -0.0541. The number of piperidine rings is 1. The first-order valence-electron chi connectivity index (χ1n) is 14.6.